The minimum atomic E-state index is 0.410. The Hall–Kier alpha value is 0.660. The van der Waals surface area contributed by atoms with Gasteiger partial charge in [-0.25, -0.2) is 0 Å². The van der Waals surface area contributed by atoms with Gasteiger partial charge in [0, 0.05) is 11.3 Å². The van der Waals surface area contributed by atoms with E-state index in [1.165, 1.54) is 25.7 Å². The molecule has 0 bridgehead atoms. The Morgan fingerprint density at radius 3 is 2.90 bits per heavy atom. The average Bonchev–Trinajstić information content (AvgIpc) is 2.27. The first kappa shape index (κ1) is 7.32. The number of fused-ring (bicyclic) bond motifs is 1. The predicted octanol–water partition coefficient (Wildman–Crippen LogP) is 1.85. The zero-order chi connectivity index (χ0) is 6.97. The molecule has 2 aliphatic rings. The molecule has 3 heteroatoms. The molecule has 0 aromatic rings. The van der Waals surface area contributed by atoms with E-state index in [1.807, 2.05) is 11.8 Å². The van der Waals surface area contributed by atoms with Crippen LogP contribution in [0.2, 0.25) is 0 Å². The van der Waals surface area contributed by atoms with Gasteiger partial charge in [0.1, 0.15) is 0 Å². The molecule has 1 N–H and O–H groups in total. The number of nitrogens with one attached hydrogen (secondary N) is 1. The molecule has 58 valence electrons. The third kappa shape index (κ3) is 1.31. The van der Waals surface area contributed by atoms with Crippen LogP contribution in [0.3, 0.4) is 0 Å². The lowest BCUT2D eigenvalue weighted by Crippen LogP contribution is -2.33. The number of hydrogen-bond donors (Lipinski definition) is 2. The largest absolute Gasteiger partial charge is 0.293 e. The highest BCUT2D eigenvalue weighted by atomic mass is 32.2. The van der Waals surface area contributed by atoms with Gasteiger partial charge in [0.2, 0.25) is 0 Å². The van der Waals surface area contributed by atoms with Crippen LogP contribution < -0.4 is 5.32 Å². The molecule has 2 rings (SSSR count). The van der Waals surface area contributed by atoms with Crippen LogP contribution in [0.15, 0.2) is 0 Å². The maximum atomic E-state index is 4.40. The summed E-state index contributed by atoms with van der Waals surface area (Å²) in [6.45, 7) is 0. The molecule has 1 aliphatic carbocycles. The van der Waals surface area contributed by atoms with Gasteiger partial charge in [-0.05, 0) is 12.8 Å². The van der Waals surface area contributed by atoms with E-state index in [4.69, 9.17) is 0 Å². The predicted molar refractivity (Wildman–Crippen MR) is 49.5 cm³/mol. The van der Waals surface area contributed by atoms with Crippen LogP contribution in [0.1, 0.15) is 25.7 Å². The Morgan fingerprint density at radius 1 is 1.30 bits per heavy atom. The maximum Gasteiger partial charge on any atom is 0.0979 e. The first-order valence-electron chi connectivity index (χ1n) is 3.96. The molecule has 2 fully saturated rings. The fourth-order valence-electron chi connectivity index (χ4n) is 1.84. The normalized spacial score (nSPS) is 47.1. The summed E-state index contributed by atoms with van der Waals surface area (Å²) in [7, 11) is 0. The molecule has 3 atom stereocenters. The highest BCUT2D eigenvalue weighted by molar-refractivity contribution is 8.11. The molecular formula is C7H13NS2. The van der Waals surface area contributed by atoms with Crippen LogP contribution in [0.4, 0.5) is 0 Å². The minimum Gasteiger partial charge on any atom is -0.293 e. The summed E-state index contributed by atoms with van der Waals surface area (Å²) >= 11 is 6.40. The van der Waals surface area contributed by atoms with Gasteiger partial charge in [0.05, 0.1) is 4.71 Å². The van der Waals surface area contributed by atoms with E-state index in [9.17, 15) is 0 Å². The van der Waals surface area contributed by atoms with Crippen LogP contribution in [0, 0.1) is 0 Å². The molecular weight excluding hydrogens is 162 g/mol. The molecule has 1 saturated heterocycles. The average molecular weight is 175 g/mol. The van der Waals surface area contributed by atoms with Gasteiger partial charge < -0.3 is 0 Å². The molecule has 0 radical (unpaired) electrons. The molecule has 3 unspecified atom stereocenters. The maximum absolute atomic E-state index is 4.40. The Balaban J connectivity index is 1.97. The van der Waals surface area contributed by atoms with E-state index in [1.54, 1.807) is 0 Å². The van der Waals surface area contributed by atoms with Crippen molar-refractivity contribution in [1.29, 1.82) is 0 Å². The summed E-state index contributed by atoms with van der Waals surface area (Å²) in [4.78, 5) is 0. The van der Waals surface area contributed by atoms with Crippen LogP contribution in [-0.4, -0.2) is 16.0 Å². The van der Waals surface area contributed by atoms with E-state index < -0.39 is 0 Å². The Morgan fingerprint density at radius 2 is 2.10 bits per heavy atom. The number of thioether (sulfide) groups is 1. The number of thiol groups is 1. The van der Waals surface area contributed by atoms with Crippen molar-refractivity contribution >= 4 is 24.4 Å². The van der Waals surface area contributed by atoms with Gasteiger partial charge >= 0.3 is 0 Å². The molecule has 1 heterocycles. The Labute approximate surface area is 71.7 Å². The summed E-state index contributed by atoms with van der Waals surface area (Å²) < 4.78 is 0.410. The van der Waals surface area contributed by atoms with Gasteiger partial charge in [-0.1, -0.05) is 12.8 Å². The second-order valence-electron chi connectivity index (χ2n) is 3.08. The molecule has 1 aliphatic heterocycles. The SMILES string of the molecule is SC1NC2CCCCC2S1. The van der Waals surface area contributed by atoms with E-state index >= 15 is 0 Å². The second-order valence-corrected chi connectivity index (χ2v) is 5.30. The van der Waals surface area contributed by atoms with Gasteiger partial charge in [-0.2, -0.15) is 0 Å². The first-order chi connectivity index (χ1) is 4.86. The lowest BCUT2D eigenvalue weighted by molar-refractivity contribution is 0.415. The fourth-order valence-corrected chi connectivity index (χ4v) is 3.79. The number of rotatable bonds is 0. The Kier molecular flexibility index (Phi) is 2.16. The zero-order valence-electron chi connectivity index (χ0n) is 5.92. The summed E-state index contributed by atoms with van der Waals surface area (Å²) in [6.07, 6.45) is 5.61. The molecule has 10 heavy (non-hydrogen) atoms. The smallest absolute Gasteiger partial charge is 0.0979 e. The summed E-state index contributed by atoms with van der Waals surface area (Å²) in [6, 6.07) is 0.779. The van der Waals surface area contributed by atoms with Crippen LogP contribution >= 0.6 is 24.4 Å². The third-order valence-electron chi connectivity index (χ3n) is 2.36. The van der Waals surface area contributed by atoms with Crippen molar-refractivity contribution in [3.8, 4) is 0 Å². The van der Waals surface area contributed by atoms with Crippen molar-refractivity contribution in [2.75, 3.05) is 0 Å². The van der Waals surface area contributed by atoms with Gasteiger partial charge in [0.25, 0.3) is 0 Å². The number of hydrogen-bond acceptors (Lipinski definition) is 3. The molecule has 0 aromatic heterocycles. The quantitative estimate of drug-likeness (QED) is 0.545. The van der Waals surface area contributed by atoms with E-state index in [0.717, 1.165) is 11.3 Å². The topological polar surface area (TPSA) is 12.0 Å². The van der Waals surface area contributed by atoms with Crippen molar-refractivity contribution in [3.05, 3.63) is 0 Å². The second kappa shape index (κ2) is 2.95. The van der Waals surface area contributed by atoms with Gasteiger partial charge in [0.15, 0.2) is 0 Å². The van der Waals surface area contributed by atoms with Crippen molar-refractivity contribution < 1.29 is 0 Å². The standard InChI is InChI=1S/C7H13NS2/c9-7-8-5-3-1-2-4-6(5)10-7/h5-9H,1-4H2. The molecule has 0 aromatic carbocycles. The summed E-state index contributed by atoms with van der Waals surface area (Å²) in [5.74, 6) is 0. The van der Waals surface area contributed by atoms with E-state index in [2.05, 4.69) is 17.9 Å². The lowest BCUT2D eigenvalue weighted by Gasteiger charge is -2.22. The van der Waals surface area contributed by atoms with Crippen molar-refractivity contribution in [3.63, 3.8) is 0 Å². The van der Waals surface area contributed by atoms with Crippen LogP contribution in [0.25, 0.3) is 0 Å². The summed E-state index contributed by atoms with van der Waals surface area (Å²) in [5.41, 5.74) is 0. The lowest BCUT2D eigenvalue weighted by atomic mass is 9.95. The van der Waals surface area contributed by atoms with Crippen LogP contribution in [0.5, 0.6) is 0 Å². The van der Waals surface area contributed by atoms with Gasteiger partial charge in [-0.15, -0.1) is 24.4 Å². The summed E-state index contributed by atoms with van der Waals surface area (Å²) in [5, 5.41) is 4.35. The van der Waals surface area contributed by atoms with Gasteiger partial charge in [-0.3, -0.25) is 5.32 Å². The monoisotopic (exact) mass is 175 g/mol. The molecule has 1 saturated carbocycles. The molecule has 1 nitrogen and oxygen atoms in total. The highest BCUT2D eigenvalue weighted by Gasteiger charge is 2.33. The van der Waals surface area contributed by atoms with Crippen molar-refractivity contribution in [2.24, 2.45) is 0 Å². The highest BCUT2D eigenvalue weighted by Crippen LogP contribution is 2.37. The van der Waals surface area contributed by atoms with E-state index in [0.29, 0.717) is 4.71 Å². The fraction of sp³-hybridized carbons (Fsp3) is 1.00. The minimum absolute atomic E-state index is 0.410. The Bertz CT molecular complexity index is 115. The van der Waals surface area contributed by atoms with E-state index in [-0.39, 0.29) is 0 Å². The van der Waals surface area contributed by atoms with Crippen LogP contribution in [-0.2, 0) is 0 Å². The molecule has 0 spiro atoms. The third-order valence-corrected chi connectivity index (χ3v) is 4.18. The zero-order valence-corrected chi connectivity index (χ0v) is 7.63. The first-order valence-corrected chi connectivity index (χ1v) is 5.42. The van der Waals surface area contributed by atoms with Crippen molar-refractivity contribution in [2.45, 2.75) is 41.7 Å². The van der Waals surface area contributed by atoms with Crippen molar-refractivity contribution in [1.82, 2.24) is 5.32 Å². The molecule has 0 amide bonds.